The Labute approximate surface area is 71.0 Å². The predicted octanol–water partition coefficient (Wildman–Crippen LogP) is -0.0106. The second-order valence-electron chi connectivity index (χ2n) is 2.59. The Morgan fingerprint density at radius 1 is 1.64 bits per heavy atom. The monoisotopic (exact) mass is 179 g/mol. The number of rotatable bonds is 6. The second-order valence-corrected chi connectivity index (χ2v) is 4.14. The van der Waals surface area contributed by atoms with Crippen molar-refractivity contribution in [1.29, 1.82) is 0 Å². The second kappa shape index (κ2) is 6.76. The summed E-state index contributed by atoms with van der Waals surface area (Å²) in [4.78, 5) is 0. The first-order valence-electron chi connectivity index (χ1n) is 3.69. The Morgan fingerprint density at radius 2 is 2.27 bits per heavy atom. The van der Waals surface area contributed by atoms with Crippen LogP contribution in [-0.2, 0) is 15.5 Å². The van der Waals surface area contributed by atoms with Gasteiger partial charge < -0.3 is 10.1 Å². The molecule has 0 bridgehead atoms. The van der Waals surface area contributed by atoms with Gasteiger partial charge in [-0.15, -0.1) is 0 Å². The summed E-state index contributed by atoms with van der Waals surface area (Å²) >= 11 is 0. The largest absolute Gasteiger partial charge is 0.383 e. The molecule has 0 aliphatic heterocycles. The topological polar surface area (TPSA) is 38.3 Å². The van der Waals surface area contributed by atoms with E-state index in [0.717, 1.165) is 6.54 Å². The molecule has 0 radical (unpaired) electrons. The molecule has 0 heterocycles. The molecule has 0 amide bonds. The zero-order chi connectivity index (χ0) is 8.69. The van der Waals surface area contributed by atoms with Crippen molar-refractivity contribution >= 4 is 10.8 Å². The highest BCUT2D eigenvalue weighted by Crippen LogP contribution is 1.81. The minimum atomic E-state index is -0.689. The number of methoxy groups -OCH3 is 1. The van der Waals surface area contributed by atoms with Gasteiger partial charge in [0.1, 0.15) is 0 Å². The SMILES string of the molecule is COCC(C)NCCS(C)=O. The van der Waals surface area contributed by atoms with Gasteiger partial charge in [-0.2, -0.15) is 0 Å². The zero-order valence-corrected chi connectivity index (χ0v) is 8.24. The quantitative estimate of drug-likeness (QED) is 0.623. The lowest BCUT2D eigenvalue weighted by Gasteiger charge is -2.11. The van der Waals surface area contributed by atoms with E-state index in [9.17, 15) is 4.21 Å². The lowest BCUT2D eigenvalue weighted by Crippen LogP contribution is -2.32. The lowest BCUT2D eigenvalue weighted by molar-refractivity contribution is 0.173. The fourth-order valence-electron chi connectivity index (χ4n) is 0.758. The first kappa shape index (κ1) is 11.1. The normalized spacial score (nSPS) is 16.3. The average molecular weight is 179 g/mol. The van der Waals surface area contributed by atoms with Crippen LogP contribution in [0.4, 0.5) is 0 Å². The van der Waals surface area contributed by atoms with Crippen molar-refractivity contribution in [3.63, 3.8) is 0 Å². The van der Waals surface area contributed by atoms with Crippen LogP contribution in [0.5, 0.6) is 0 Å². The summed E-state index contributed by atoms with van der Waals surface area (Å²) < 4.78 is 15.5. The number of hydrogen-bond acceptors (Lipinski definition) is 3. The molecule has 11 heavy (non-hydrogen) atoms. The zero-order valence-electron chi connectivity index (χ0n) is 7.42. The molecule has 0 spiro atoms. The van der Waals surface area contributed by atoms with Crippen molar-refractivity contribution in [2.24, 2.45) is 0 Å². The van der Waals surface area contributed by atoms with Gasteiger partial charge >= 0.3 is 0 Å². The smallest absolute Gasteiger partial charge is 0.0613 e. The molecular formula is C7H17NO2S. The summed E-state index contributed by atoms with van der Waals surface area (Å²) in [6.45, 7) is 3.55. The van der Waals surface area contributed by atoms with Gasteiger partial charge in [0.2, 0.25) is 0 Å². The molecule has 68 valence electrons. The van der Waals surface area contributed by atoms with E-state index in [1.54, 1.807) is 13.4 Å². The molecule has 0 rings (SSSR count). The van der Waals surface area contributed by atoms with Crippen molar-refractivity contribution in [2.45, 2.75) is 13.0 Å². The number of hydrogen-bond donors (Lipinski definition) is 1. The molecule has 0 aliphatic carbocycles. The molecule has 2 atom stereocenters. The summed E-state index contributed by atoms with van der Waals surface area (Å²) in [6.07, 6.45) is 1.71. The molecule has 3 nitrogen and oxygen atoms in total. The maximum absolute atomic E-state index is 10.6. The minimum absolute atomic E-state index is 0.351. The van der Waals surface area contributed by atoms with Crippen LogP contribution in [-0.4, -0.2) is 42.5 Å². The van der Waals surface area contributed by atoms with Crippen LogP contribution in [0, 0.1) is 0 Å². The van der Waals surface area contributed by atoms with Gasteiger partial charge in [0.15, 0.2) is 0 Å². The highest BCUT2D eigenvalue weighted by molar-refractivity contribution is 7.84. The molecule has 0 fully saturated rings. The van der Waals surface area contributed by atoms with E-state index in [1.807, 2.05) is 6.92 Å². The van der Waals surface area contributed by atoms with Crippen molar-refractivity contribution in [3.05, 3.63) is 0 Å². The molecule has 1 N–H and O–H groups in total. The standard InChI is InChI=1S/C7H17NO2S/c1-7(6-10-2)8-4-5-11(3)9/h7-8H,4-6H2,1-3H3. The van der Waals surface area contributed by atoms with Crippen molar-refractivity contribution in [3.8, 4) is 0 Å². The number of ether oxygens (including phenoxy) is 1. The van der Waals surface area contributed by atoms with Crippen molar-refractivity contribution in [2.75, 3.05) is 32.3 Å². The van der Waals surface area contributed by atoms with Gasteiger partial charge in [0.05, 0.1) is 6.61 Å². The van der Waals surface area contributed by atoms with E-state index in [4.69, 9.17) is 4.74 Å². The maximum atomic E-state index is 10.6. The molecule has 0 aromatic rings. The average Bonchev–Trinajstić information content (AvgIpc) is 1.87. The Balaban J connectivity index is 3.16. The van der Waals surface area contributed by atoms with Gasteiger partial charge in [0, 0.05) is 42.5 Å². The summed E-state index contributed by atoms with van der Waals surface area (Å²) in [5, 5.41) is 3.20. The van der Waals surface area contributed by atoms with Crippen LogP contribution < -0.4 is 5.32 Å². The third-order valence-electron chi connectivity index (χ3n) is 1.30. The molecule has 0 aromatic heterocycles. The van der Waals surface area contributed by atoms with Gasteiger partial charge in [0.25, 0.3) is 0 Å². The molecule has 0 saturated heterocycles. The van der Waals surface area contributed by atoms with E-state index in [0.29, 0.717) is 18.4 Å². The van der Waals surface area contributed by atoms with Crippen molar-refractivity contribution < 1.29 is 8.95 Å². The van der Waals surface area contributed by atoms with E-state index in [1.165, 1.54) is 0 Å². The lowest BCUT2D eigenvalue weighted by atomic mass is 10.4. The minimum Gasteiger partial charge on any atom is -0.383 e. The van der Waals surface area contributed by atoms with Crippen LogP contribution in [0.25, 0.3) is 0 Å². The molecule has 4 heteroatoms. The van der Waals surface area contributed by atoms with Gasteiger partial charge in [-0.1, -0.05) is 0 Å². The van der Waals surface area contributed by atoms with E-state index in [-0.39, 0.29) is 0 Å². The molecule has 0 aliphatic rings. The van der Waals surface area contributed by atoms with Crippen LogP contribution in [0.2, 0.25) is 0 Å². The third-order valence-corrected chi connectivity index (χ3v) is 2.08. The Morgan fingerprint density at radius 3 is 2.73 bits per heavy atom. The molecule has 0 aromatic carbocycles. The third kappa shape index (κ3) is 7.97. The van der Waals surface area contributed by atoms with E-state index in [2.05, 4.69) is 5.32 Å². The van der Waals surface area contributed by atoms with Gasteiger partial charge in [-0.25, -0.2) is 0 Å². The summed E-state index contributed by atoms with van der Waals surface area (Å²) in [6, 6.07) is 0.351. The molecule has 0 saturated carbocycles. The van der Waals surface area contributed by atoms with Crippen LogP contribution in [0.3, 0.4) is 0 Å². The van der Waals surface area contributed by atoms with Crippen LogP contribution in [0.15, 0.2) is 0 Å². The fourth-order valence-corrected chi connectivity index (χ4v) is 1.16. The fraction of sp³-hybridized carbons (Fsp3) is 1.00. The Kier molecular flexibility index (Phi) is 6.80. The van der Waals surface area contributed by atoms with Gasteiger partial charge in [-0.05, 0) is 6.92 Å². The summed E-state index contributed by atoms with van der Waals surface area (Å²) in [5.74, 6) is 0.716. The Hall–Kier alpha value is 0.0700. The van der Waals surface area contributed by atoms with Crippen molar-refractivity contribution in [1.82, 2.24) is 5.32 Å². The molecule has 2 unspecified atom stereocenters. The maximum Gasteiger partial charge on any atom is 0.0613 e. The van der Waals surface area contributed by atoms with Gasteiger partial charge in [-0.3, -0.25) is 4.21 Å². The van der Waals surface area contributed by atoms with Crippen LogP contribution in [0.1, 0.15) is 6.92 Å². The summed E-state index contributed by atoms with van der Waals surface area (Å²) in [7, 11) is 0.987. The summed E-state index contributed by atoms with van der Waals surface area (Å²) in [5.41, 5.74) is 0. The first-order valence-corrected chi connectivity index (χ1v) is 5.42. The van der Waals surface area contributed by atoms with E-state index >= 15 is 0 Å². The number of nitrogens with one attached hydrogen (secondary N) is 1. The highest BCUT2D eigenvalue weighted by atomic mass is 32.2. The first-order chi connectivity index (χ1) is 5.16. The molecular weight excluding hydrogens is 162 g/mol. The van der Waals surface area contributed by atoms with E-state index < -0.39 is 10.8 Å². The Bertz CT molecular complexity index is 119. The highest BCUT2D eigenvalue weighted by Gasteiger charge is 1.98. The predicted molar refractivity (Wildman–Crippen MR) is 48.3 cm³/mol. The van der Waals surface area contributed by atoms with Crippen LogP contribution >= 0.6 is 0 Å².